The van der Waals surface area contributed by atoms with Crippen molar-refractivity contribution in [2.24, 2.45) is 4.99 Å². The van der Waals surface area contributed by atoms with E-state index in [4.69, 9.17) is 0 Å². The summed E-state index contributed by atoms with van der Waals surface area (Å²) in [6, 6.07) is 0.602. The highest BCUT2D eigenvalue weighted by molar-refractivity contribution is 14.0. The van der Waals surface area contributed by atoms with Gasteiger partial charge in [-0.15, -0.1) is 35.3 Å². The van der Waals surface area contributed by atoms with E-state index < -0.39 is 0 Å². The summed E-state index contributed by atoms with van der Waals surface area (Å²) in [4.78, 5) is 15.3. The SMILES string of the molecule is CN=C(NCc1nc(C)c(C)s1)NCC1CN2CCN1CC2.I. The lowest BCUT2D eigenvalue weighted by Gasteiger charge is -2.47. The van der Waals surface area contributed by atoms with Gasteiger partial charge in [-0.3, -0.25) is 14.8 Å². The largest absolute Gasteiger partial charge is 0.355 e. The first-order chi connectivity index (χ1) is 10.7. The third-order valence-corrected chi connectivity index (χ3v) is 5.67. The third-order valence-electron chi connectivity index (χ3n) is 4.60. The van der Waals surface area contributed by atoms with Crippen molar-refractivity contribution in [1.29, 1.82) is 0 Å². The number of fused-ring (bicyclic) bond motifs is 3. The standard InChI is InChI=1S/C15H26N6S.HI/c1-11-12(2)22-14(19-11)9-18-15(16-3)17-8-13-10-20-4-6-21(13)7-5-20;/h13H,4-10H2,1-3H3,(H2,16,17,18);1H. The summed E-state index contributed by atoms with van der Waals surface area (Å²) in [7, 11) is 1.82. The van der Waals surface area contributed by atoms with E-state index in [1.54, 1.807) is 11.3 Å². The highest BCUT2D eigenvalue weighted by atomic mass is 127. The normalized spacial score (nSPS) is 26.7. The van der Waals surface area contributed by atoms with Gasteiger partial charge < -0.3 is 10.6 Å². The van der Waals surface area contributed by atoms with Crippen LogP contribution in [0.5, 0.6) is 0 Å². The van der Waals surface area contributed by atoms with Crippen LogP contribution in [-0.2, 0) is 6.54 Å². The Hall–Kier alpha value is -0.450. The van der Waals surface area contributed by atoms with Crippen molar-refractivity contribution < 1.29 is 0 Å². The second-order valence-electron chi connectivity index (χ2n) is 6.05. The summed E-state index contributed by atoms with van der Waals surface area (Å²) in [6.45, 7) is 11.9. The zero-order valence-corrected chi connectivity index (χ0v) is 17.3. The number of rotatable bonds is 4. The Morgan fingerprint density at radius 1 is 1.26 bits per heavy atom. The molecule has 3 aliphatic rings. The molecule has 2 bridgehead atoms. The fourth-order valence-electron chi connectivity index (χ4n) is 3.13. The quantitative estimate of drug-likeness (QED) is 0.408. The Labute approximate surface area is 159 Å². The minimum absolute atomic E-state index is 0. The molecule has 1 unspecified atom stereocenters. The Bertz CT molecular complexity index is 519. The minimum atomic E-state index is 0. The molecule has 8 heteroatoms. The second kappa shape index (κ2) is 8.59. The van der Waals surface area contributed by atoms with E-state index in [1.165, 1.54) is 37.6 Å². The monoisotopic (exact) mass is 450 g/mol. The van der Waals surface area contributed by atoms with Crippen LogP contribution in [0, 0.1) is 13.8 Å². The Morgan fingerprint density at radius 3 is 2.52 bits per heavy atom. The number of halogens is 1. The van der Waals surface area contributed by atoms with E-state index in [1.807, 2.05) is 7.05 Å². The number of thiazole rings is 1. The molecule has 0 aromatic carbocycles. The van der Waals surface area contributed by atoms with Crippen LogP contribution in [0.25, 0.3) is 0 Å². The van der Waals surface area contributed by atoms with Crippen molar-refractivity contribution in [1.82, 2.24) is 25.4 Å². The summed E-state index contributed by atoms with van der Waals surface area (Å²) in [6.07, 6.45) is 0. The van der Waals surface area contributed by atoms with Crippen LogP contribution in [0.15, 0.2) is 4.99 Å². The van der Waals surface area contributed by atoms with Crippen molar-refractivity contribution in [2.75, 3.05) is 46.3 Å². The Kier molecular flexibility index (Phi) is 7.05. The molecular formula is C15H27IN6S. The molecule has 3 fully saturated rings. The van der Waals surface area contributed by atoms with Crippen LogP contribution in [0.4, 0.5) is 0 Å². The molecule has 6 nitrogen and oxygen atoms in total. The van der Waals surface area contributed by atoms with Gasteiger partial charge in [-0.25, -0.2) is 4.98 Å². The zero-order chi connectivity index (χ0) is 15.5. The van der Waals surface area contributed by atoms with Gasteiger partial charge in [0, 0.05) is 57.2 Å². The maximum Gasteiger partial charge on any atom is 0.191 e. The highest BCUT2D eigenvalue weighted by Crippen LogP contribution is 2.16. The fraction of sp³-hybridized carbons (Fsp3) is 0.733. The lowest BCUT2D eigenvalue weighted by molar-refractivity contribution is 0.0154. The van der Waals surface area contributed by atoms with Gasteiger partial charge in [-0.2, -0.15) is 0 Å². The van der Waals surface area contributed by atoms with E-state index in [0.717, 1.165) is 29.8 Å². The van der Waals surface area contributed by atoms with Gasteiger partial charge in [0.05, 0.1) is 12.2 Å². The maximum absolute atomic E-state index is 4.56. The van der Waals surface area contributed by atoms with Crippen LogP contribution in [0.1, 0.15) is 15.6 Å². The van der Waals surface area contributed by atoms with Crippen LogP contribution >= 0.6 is 35.3 Å². The number of guanidine groups is 1. The van der Waals surface area contributed by atoms with Crippen LogP contribution in [0.3, 0.4) is 0 Å². The molecule has 0 saturated carbocycles. The fourth-order valence-corrected chi connectivity index (χ4v) is 4.00. The maximum atomic E-state index is 4.56. The lowest BCUT2D eigenvalue weighted by atomic mass is 10.1. The third kappa shape index (κ3) is 4.77. The van der Waals surface area contributed by atoms with Gasteiger partial charge in [0.25, 0.3) is 0 Å². The number of hydrogen-bond acceptors (Lipinski definition) is 5. The molecule has 1 aromatic rings. The van der Waals surface area contributed by atoms with E-state index in [-0.39, 0.29) is 24.0 Å². The number of hydrogen-bond donors (Lipinski definition) is 2. The van der Waals surface area contributed by atoms with Crippen molar-refractivity contribution in [3.8, 4) is 0 Å². The summed E-state index contributed by atoms with van der Waals surface area (Å²) in [5.41, 5.74) is 1.13. The average Bonchev–Trinajstić information content (AvgIpc) is 2.87. The summed E-state index contributed by atoms with van der Waals surface area (Å²) >= 11 is 1.75. The molecule has 0 amide bonds. The molecule has 0 aliphatic carbocycles. The first-order valence-corrected chi connectivity index (χ1v) is 8.81. The summed E-state index contributed by atoms with van der Waals surface area (Å²) < 4.78 is 0. The first-order valence-electron chi connectivity index (χ1n) is 7.99. The van der Waals surface area contributed by atoms with Crippen molar-refractivity contribution in [3.05, 3.63) is 15.6 Å². The number of nitrogens with zero attached hydrogens (tertiary/aromatic N) is 4. The van der Waals surface area contributed by atoms with Crippen molar-refractivity contribution >= 4 is 41.3 Å². The van der Waals surface area contributed by atoms with Gasteiger partial charge in [0.1, 0.15) is 5.01 Å². The van der Waals surface area contributed by atoms with E-state index >= 15 is 0 Å². The molecule has 23 heavy (non-hydrogen) atoms. The zero-order valence-electron chi connectivity index (χ0n) is 14.1. The van der Waals surface area contributed by atoms with Gasteiger partial charge in [0.15, 0.2) is 5.96 Å². The lowest BCUT2D eigenvalue weighted by Crippen LogP contribution is -2.63. The highest BCUT2D eigenvalue weighted by Gasteiger charge is 2.31. The Balaban J connectivity index is 0.00000192. The van der Waals surface area contributed by atoms with Crippen molar-refractivity contribution in [2.45, 2.75) is 26.4 Å². The molecule has 3 aliphatic heterocycles. The average molecular weight is 450 g/mol. The van der Waals surface area contributed by atoms with Gasteiger partial charge >= 0.3 is 0 Å². The van der Waals surface area contributed by atoms with Crippen LogP contribution in [0.2, 0.25) is 0 Å². The summed E-state index contributed by atoms with van der Waals surface area (Å²) in [5.74, 6) is 0.864. The molecule has 4 heterocycles. The van der Waals surface area contributed by atoms with E-state index in [0.29, 0.717) is 6.04 Å². The van der Waals surface area contributed by atoms with E-state index in [9.17, 15) is 0 Å². The predicted octanol–water partition coefficient (Wildman–Crippen LogP) is 1.04. The first kappa shape index (κ1) is 18.9. The number of aliphatic imine (C=N–C) groups is 1. The molecule has 3 saturated heterocycles. The van der Waals surface area contributed by atoms with Crippen LogP contribution in [-0.4, -0.2) is 73.1 Å². The van der Waals surface area contributed by atoms with Gasteiger partial charge in [-0.05, 0) is 13.8 Å². The topological polar surface area (TPSA) is 55.8 Å². The van der Waals surface area contributed by atoms with Crippen LogP contribution < -0.4 is 10.6 Å². The second-order valence-corrected chi connectivity index (χ2v) is 7.33. The molecule has 0 spiro atoms. The number of aromatic nitrogens is 1. The molecule has 0 radical (unpaired) electrons. The number of aryl methyl sites for hydroxylation is 2. The van der Waals surface area contributed by atoms with E-state index in [2.05, 4.69) is 44.3 Å². The molecule has 1 aromatic heterocycles. The van der Waals surface area contributed by atoms with Crippen molar-refractivity contribution in [3.63, 3.8) is 0 Å². The van der Waals surface area contributed by atoms with Gasteiger partial charge in [0.2, 0.25) is 0 Å². The minimum Gasteiger partial charge on any atom is -0.355 e. The van der Waals surface area contributed by atoms with Gasteiger partial charge in [-0.1, -0.05) is 0 Å². The number of piperazine rings is 3. The molecular weight excluding hydrogens is 423 g/mol. The molecule has 1 atom stereocenters. The molecule has 4 rings (SSSR count). The molecule has 130 valence electrons. The predicted molar refractivity (Wildman–Crippen MR) is 107 cm³/mol. The number of nitrogens with one attached hydrogen (secondary N) is 2. The smallest absolute Gasteiger partial charge is 0.191 e. The molecule has 2 N–H and O–H groups in total. The summed E-state index contributed by atoms with van der Waals surface area (Å²) in [5, 5.41) is 7.94. The Morgan fingerprint density at radius 2 is 2.00 bits per heavy atom.